The third kappa shape index (κ3) is 4.59. The van der Waals surface area contributed by atoms with Gasteiger partial charge in [0.2, 0.25) is 5.91 Å². The lowest BCUT2D eigenvalue weighted by Gasteiger charge is -2.31. The average Bonchev–Trinajstić information content (AvgIpc) is 2.48. The number of amides is 1. The highest BCUT2D eigenvalue weighted by molar-refractivity contribution is 6.32. The van der Waals surface area contributed by atoms with Gasteiger partial charge in [0.1, 0.15) is 5.75 Å². The number of benzene rings is 1. The van der Waals surface area contributed by atoms with E-state index in [9.17, 15) is 4.79 Å². The number of carbonyl (C=O) groups is 1. The number of carbonyl (C=O) groups excluding carboxylic acids is 1. The molecule has 0 spiro atoms. The molecule has 0 bridgehead atoms. The Morgan fingerprint density at radius 1 is 1.57 bits per heavy atom. The minimum Gasteiger partial charge on any atom is -0.495 e. The fourth-order valence-corrected chi connectivity index (χ4v) is 2.77. The lowest BCUT2D eigenvalue weighted by atomic mass is 10.1. The quantitative estimate of drug-likeness (QED) is 0.873. The molecule has 2 N–H and O–H groups in total. The molecule has 5 nitrogen and oxygen atoms in total. The highest BCUT2D eigenvalue weighted by atomic mass is 35.5. The van der Waals surface area contributed by atoms with Crippen molar-refractivity contribution in [2.75, 3.05) is 39.1 Å². The monoisotopic (exact) mass is 311 g/mol. The smallest absolute Gasteiger partial charge is 0.238 e. The van der Waals surface area contributed by atoms with Gasteiger partial charge in [-0.25, -0.2) is 0 Å². The summed E-state index contributed by atoms with van der Waals surface area (Å²) < 4.78 is 5.09. The van der Waals surface area contributed by atoms with E-state index in [2.05, 4.69) is 15.5 Å². The van der Waals surface area contributed by atoms with E-state index in [1.54, 1.807) is 25.3 Å². The van der Waals surface area contributed by atoms with Gasteiger partial charge >= 0.3 is 0 Å². The molecule has 6 heteroatoms. The van der Waals surface area contributed by atoms with Crippen LogP contribution in [-0.4, -0.2) is 50.6 Å². The number of nitrogens with zero attached hydrogens (tertiary/aromatic N) is 1. The number of rotatable bonds is 5. The topological polar surface area (TPSA) is 53.6 Å². The molecule has 1 saturated heterocycles. The first kappa shape index (κ1) is 16.1. The first-order valence-corrected chi connectivity index (χ1v) is 7.52. The van der Waals surface area contributed by atoms with Crippen LogP contribution in [0.4, 0.5) is 5.69 Å². The number of piperidine rings is 1. The van der Waals surface area contributed by atoms with Crippen LogP contribution in [0.25, 0.3) is 0 Å². The van der Waals surface area contributed by atoms with E-state index >= 15 is 0 Å². The van der Waals surface area contributed by atoms with Crippen molar-refractivity contribution in [2.24, 2.45) is 0 Å². The highest BCUT2D eigenvalue weighted by Crippen LogP contribution is 2.27. The molecule has 1 amide bonds. The fraction of sp³-hybridized carbons (Fsp3) is 0.533. The Balaban J connectivity index is 1.87. The highest BCUT2D eigenvalue weighted by Gasteiger charge is 2.19. The zero-order valence-corrected chi connectivity index (χ0v) is 13.2. The number of halogens is 1. The minimum atomic E-state index is -0.0377. The Morgan fingerprint density at radius 3 is 3.00 bits per heavy atom. The van der Waals surface area contributed by atoms with Gasteiger partial charge in [-0.1, -0.05) is 11.6 Å². The zero-order chi connectivity index (χ0) is 15.2. The standard InChI is InChI=1S/C15H22ClN3O2/c1-19(12-4-3-7-17-9-12)10-15(20)18-11-5-6-14(21-2)13(16)8-11/h5-6,8,12,17H,3-4,7,9-10H2,1-2H3,(H,18,20). The largest absolute Gasteiger partial charge is 0.495 e. The van der Waals surface area contributed by atoms with Crippen LogP contribution in [0.3, 0.4) is 0 Å². The Kier molecular flexibility index (Phi) is 5.85. The maximum atomic E-state index is 12.1. The van der Waals surface area contributed by atoms with Crippen molar-refractivity contribution < 1.29 is 9.53 Å². The van der Waals surface area contributed by atoms with E-state index in [1.165, 1.54) is 0 Å². The molecule has 1 aromatic carbocycles. The molecule has 1 aliphatic heterocycles. The molecular weight excluding hydrogens is 290 g/mol. The van der Waals surface area contributed by atoms with Crippen molar-refractivity contribution in [3.8, 4) is 5.75 Å². The summed E-state index contributed by atoms with van der Waals surface area (Å²) in [7, 11) is 3.55. The number of ether oxygens (including phenoxy) is 1. The first-order valence-electron chi connectivity index (χ1n) is 7.14. The number of nitrogens with one attached hydrogen (secondary N) is 2. The van der Waals surface area contributed by atoms with Gasteiger partial charge in [-0.2, -0.15) is 0 Å². The van der Waals surface area contributed by atoms with Gasteiger partial charge in [-0.3, -0.25) is 9.69 Å². The van der Waals surface area contributed by atoms with Crippen molar-refractivity contribution in [2.45, 2.75) is 18.9 Å². The van der Waals surface area contributed by atoms with Crippen LogP contribution in [-0.2, 0) is 4.79 Å². The molecule has 21 heavy (non-hydrogen) atoms. The van der Waals surface area contributed by atoms with Crippen LogP contribution in [0, 0.1) is 0 Å². The van der Waals surface area contributed by atoms with E-state index in [0.29, 0.717) is 29.0 Å². The zero-order valence-electron chi connectivity index (χ0n) is 12.5. The summed E-state index contributed by atoms with van der Waals surface area (Å²) in [5.74, 6) is 0.560. The van der Waals surface area contributed by atoms with Gasteiger partial charge in [0, 0.05) is 18.3 Å². The summed E-state index contributed by atoms with van der Waals surface area (Å²) in [5, 5.41) is 6.70. The summed E-state index contributed by atoms with van der Waals surface area (Å²) in [6, 6.07) is 5.64. The molecule has 116 valence electrons. The van der Waals surface area contributed by atoms with Crippen LogP contribution in [0.15, 0.2) is 18.2 Å². The Morgan fingerprint density at radius 2 is 2.38 bits per heavy atom. The van der Waals surface area contributed by atoms with Gasteiger partial charge < -0.3 is 15.4 Å². The molecule has 0 aliphatic carbocycles. The van der Waals surface area contributed by atoms with Crippen LogP contribution in [0.2, 0.25) is 5.02 Å². The third-order valence-corrected chi connectivity index (χ3v) is 4.02. The maximum absolute atomic E-state index is 12.1. The molecule has 1 aromatic rings. The first-order chi connectivity index (χ1) is 10.1. The van der Waals surface area contributed by atoms with Gasteiger partial charge in [0.05, 0.1) is 18.7 Å². The van der Waals surface area contributed by atoms with E-state index in [0.717, 1.165) is 25.9 Å². The molecule has 0 radical (unpaired) electrons. The number of anilines is 1. The van der Waals surface area contributed by atoms with Crippen LogP contribution in [0.1, 0.15) is 12.8 Å². The molecule has 2 rings (SSSR count). The lowest BCUT2D eigenvalue weighted by molar-refractivity contribution is -0.117. The Bertz CT molecular complexity index is 490. The summed E-state index contributed by atoms with van der Waals surface area (Å²) in [4.78, 5) is 14.2. The Hall–Kier alpha value is -1.30. The van der Waals surface area contributed by atoms with E-state index < -0.39 is 0 Å². The van der Waals surface area contributed by atoms with Crippen molar-refractivity contribution in [1.82, 2.24) is 10.2 Å². The predicted molar refractivity (Wildman–Crippen MR) is 85.2 cm³/mol. The van der Waals surface area contributed by atoms with Crippen molar-refractivity contribution in [1.29, 1.82) is 0 Å². The molecular formula is C15H22ClN3O2. The van der Waals surface area contributed by atoms with Gasteiger partial charge in [-0.15, -0.1) is 0 Å². The van der Waals surface area contributed by atoms with Crippen LogP contribution < -0.4 is 15.4 Å². The van der Waals surface area contributed by atoms with Crippen molar-refractivity contribution in [3.63, 3.8) is 0 Å². The number of hydrogen-bond acceptors (Lipinski definition) is 4. The average molecular weight is 312 g/mol. The van der Waals surface area contributed by atoms with Gasteiger partial charge in [0.25, 0.3) is 0 Å². The second kappa shape index (κ2) is 7.64. The molecule has 0 aromatic heterocycles. The molecule has 1 heterocycles. The minimum absolute atomic E-state index is 0.0377. The second-order valence-electron chi connectivity index (χ2n) is 5.31. The molecule has 1 atom stereocenters. The van der Waals surface area contributed by atoms with E-state index in [1.807, 2.05) is 7.05 Å². The molecule has 1 fully saturated rings. The van der Waals surface area contributed by atoms with E-state index in [-0.39, 0.29) is 5.91 Å². The van der Waals surface area contributed by atoms with Gasteiger partial charge in [-0.05, 0) is 44.6 Å². The van der Waals surface area contributed by atoms with Crippen LogP contribution >= 0.6 is 11.6 Å². The van der Waals surface area contributed by atoms with Crippen molar-refractivity contribution in [3.05, 3.63) is 23.2 Å². The molecule has 0 saturated carbocycles. The summed E-state index contributed by atoms with van der Waals surface area (Å²) >= 11 is 6.05. The number of hydrogen-bond donors (Lipinski definition) is 2. The second-order valence-corrected chi connectivity index (χ2v) is 5.72. The third-order valence-electron chi connectivity index (χ3n) is 3.72. The molecule has 1 aliphatic rings. The van der Waals surface area contributed by atoms with Gasteiger partial charge in [0.15, 0.2) is 0 Å². The number of likely N-dealkylation sites (N-methyl/N-ethyl adjacent to an activating group) is 1. The maximum Gasteiger partial charge on any atom is 0.238 e. The van der Waals surface area contributed by atoms with Crippen molar-refractivity contribution >= 4 is 23.2 Å². The van der Waals surface area contributed by atoms with E-state index in [4.69, 9.17) is 16.3 Å². The Labute approximate surface area is 130 Å². The summed E-state index contributed by atoms with van der Waals surface area (Å²) in [6.45, 7) is 2.38. The normalized spacial score (nSPS) is 18.6. The fourth-order valence-electron chi connectivity index (χ4n) is 2.51. The lowest BCUT2D eigenvalue weighted by Crippen LogP contribution is -2.46. The summed E-state index contributed by atoms with van der Waals surface area (Å²) in [5.41, 5.74) is 0.681. The predicted octanol–water partition coefficient (Wildman–Crippen LogP) is 1.97. The molecule has 1 unspecified atom stereocenters. The summed E-state index contributed by atoms with van der Waals surface area (Å²) in [6.07, 6.45) is 2.29. The van der Waals surface area contributed by atoms with Crippen LogP contribution in [0.5, 0.6) is 5.75 Å². The number of methoxy groups -OCH3 is 1. The SMILES string of the molecule is COc1ccc(NC(=O)CN(C)C2CCCNC2)cc1Cl.